The van der Waals surface area contributed by atoms with Crippen LogP contribution in [0.25, 0.3) is 0 Å². The van der Waals surface area contributed by atoms with Crippen LogP contribution in [0.2, 0.25) is 0 Å². The van der Waals surface area contributed by atoms with Gasteiger partial charge in [-0.3, -0.25) is 9.48 Å². The first-order valence-electron chi connectivity index (χ1n) is 4.90. The fourth-order valence-electron chi connectivity index (χ4n) is 1.51. The zero-order valence-corrected chi connectivity index (χ0v) is 11.3. The van der Waals surface area contributed by atoms with E-state index in [1.165, 1.54) is 0 Å². The van der Waals surface area contributed by atoms with Gasteiger partial charge in [-0.15, -0.1) is 0 Å². The Morgan fingerprint density at radius 2 is 2.19 bits per heavy atom. The number of aryl methyl sites for hydroxylation is 2. The second-order valence-corrected chi connectivity index (χ2v) is 4.95. The van der Waals surface area contributed by atoms with E-state index < -0.39 is 0 Å². The first-order valence-corrected chi connectivity index (χ1v) is 5.98. The Kier molecular flexibility index (Phi) is 3.13. The lowest BCUT2D eigenvalue weighted by molar-refractivity contribution is 0.745. The molecule has 0 amide bonds. The number of aromatic nitrogens is 3. The first-order chi connectivity index (χ1) is 7.56. The highest BCUT2D eigenvalue weighted by Gasteiger charge is 2.03. The van der Waals surface area contributed by atoms with Crippen LogP contribution < -0.4 is 5.56 Å². The van der Waals surface area contributed by atoms with Crippen molar-refractivity contribution < 1.29 is 0 Å². The van der Waals surface area contributed by atoms with Gasteiger partial charge >= 0.3 is 0 Å². The number of nitrogens with zero attached hydrogens (tertiary/aromatic N) is 3. The van der Waals surface area contributed by atoms with Crippen LogP contribution in [0, 0.1) is 10.5 Å². The van der Waals surface area contributed by atoms with E-state index in [4.69, 9.17) is 0 Å². The van der Waals surface area contributed by atoms with Crippen molar-refractivity contribution >= 4 is 22.6 Å². The van der Waals surface area contributed by atoms with Crippen molar-refractivity contribution in [2.75, 3.05) is 0 Å². The zero-order chi connectivity index (χ0) is 11.7. The molecule has 5 heteroatoms. The van der Waals surface area contributed by atoms with Crippen molar-refractivity contribution in [3.63, 3.8) is 0 Å². The monoisotopic (exact) mass is 329 g/mol. The summed E-state index contributed by atoms with van der Waals surface area (Å²) in [7, 11) is 1.87. The second kappa shape index (κ2) is 4.40. The van der Waals surface area contributed by atoms with Gasteiger partial charge in [-0.05, 0) is 35.1 Å². The Balaban J connectivity index is 2.35. The van der Waals surface area contributed by atoms with Gasteiger partial charge < -0.3 is 4.57 Å². The van der Waals surface area contributed by atoms with E-state index in [0.29, 0.717) is 6.54 Å². The molecule has 0 aromatic carbocycles. The van der Waals surface area contributed by atoms with Gasteiger partial charge in [-0.25, -0.2) is 0 Å². The highest BCUT2D eigenvalue weighted by Crippen LogP contribution is 2.08. The van der Waals surface area contributed by atoms with Gasteiger partial charge in [0.2, 0.25) is 0 Å². The van der Waals surface area contributed by atoms with Gasteiger partial charge in [-0.1, -0.05) is 0 Å². The van der Waals surface area contributed by atoms with E-state index in [-0.39, 0.29) is 5.56 Å². The summed E-state index contributed by atoms with van der Waals surface area (Å²) < 4.78 is 4.53. The molecule has 2 aromatic heterocycles. The third kappa shape index (κ3) is 2.34. The molecule has 0 N–H and O–H groups in total. The van der Waals surface area contributed by atoms with Crippen LogP contribution >= 0.6 is 22.6 Å². The molecule has 0 aliphatic carbocycles. The zero-order valence-electron chi connectivity index (χ0n) is 9.14. The van der Waals surface area contributed by atoms with Crippen molar-refractivity contribution in [2.45, 2.75) is 13.5 Å². The minimum Gasteiger partial charge on any atom is -0.310 e. The number of rotatable bonds is 2. The fraction of sp³-hybridized carbons (Fsp3) is 0.273. The van der Waals surface area contributed by atoms with Gasteiger partial charge in [0.1, 0.15) is 0 Å². The highest BCUT2D eigenvalue weighted by atomic mass is 127. The van der Waals surface area contributed by atoms with Gasteiger partial charge in [-0.2, -0.15) is 5.10 Å². The van der Waals surface area contributed by atoms with E-state index in [1.54, 1.807) is 21.5 Å². The minimum atomic E-state index is 0.0294. The van der Waals surface area contributed by atoms with Gasteiger partial charge in [0.15, 0.2) is 0 Å². The normalized spacial score (nSPS) is 10.7. The summed E-state index contributed by atoms with van der Waals surface area (Å²) in [5.74, 6) is 0. The Bertz CT molecular complexity index is 571. The van der Waals surface area contributed by atoms with Crippen LogP contribution in [0.1, 0.15) is 11.1 Å². The predicted molar refractivity (Wildman–Crippen MR) is 70.5 cm³/mol. The Hall–Kier alpha value is -1.11. The molecule has 0 aliphatic rings. The van der Waals surface area contributed by atoms with Gasteiger partial charge in [0, 0.05) is 34.6 Å². The molecular weight excluding hydrogens is 317 g/mol. The third-order valence-corrected chi connectivity index (χ3v) is 3.51. The summed E-state index contributed by atoms with van der Waals surface area (Å²) in [5, 5.41) is 4.08. The predicted octanol–water partition coefficient (Wildman–Crippen LogP) is 1.54. The highest BCUT2D eigenvalue weighted by molar-refractivity contribution is 14.1. The van der Waals surface area contributed by atoms with E-state index in [0.717, 1.165) is 14.7 Å². The SMILES string of the molecule is Cc1cc(=O)n(Cc2cnn(C)c2)cc1I. The molecule has 0 bridgehead atoms. The van der Waals surface area contributed by atoms with E-state index in [1.807, 2.05) is 26.4 Å². The van der Waals surface area contributed by atoms with E-state index in [9.17, 15) is 4.79 Å². The molecule has 0 atom stereocenters. The molecule has 0 aliphatic heterocycles. The molecule has 0 saturated heterocycles. The van der Waals surface area contributed by atoms with Crippen LogP contribution in [0.4, 0.5) is 0 Å². The molecule has 0 fully saturated rings. The largest absolute Gasteiger partial charge is 0.310 e. The first kappa shape index (κ1) is 11.4. The smallest absolute Gasteiger partial charge is 0.251 e. The second-order valence-electron chi connectivity index (χ2n) is 3.79. The van der Waals surface area contributed by atoms with E-state index >= 15 is 0 Å². The molecule has 2 heterocycles. The van der Waals surface area contributed by atoms with Crippen LogP contribution in [0.15, 0.2) is 29.5 Å². The van der Waals surface area contributed by atoms with E-state index in [2.05, 4.69) is 27.7 Å². The maximum absolute atomic E-state index is 11.7. The van der Waals surface area contributed by atoms with Gasteiger partial charge in [0.25, 0.3) is 5.56 Å². The van der Waals surface area contributed by atoms with Crippen LogP contribution in [0.5, 0.6) is 0 Å². The molecule has 4 nitrogen and oxygen atoms in total. The topological polar surface area (TPSA) is 39.8 Å². The summed E-state index contributed by atoms with van der Waals surface area (Å²) in [6.45, 7) is 2.51. The van der Waals surface area contributed by atoms with Crippen molar-refractivity contribution in [3.05, 3.63) is 49.7 Å². The molecule has 84 valence electrons. The number of pyridine rings is 1. The summed E-state index contributed by atoms with van der Waals surface area (Å²) in [6, 6.07) is 1.66. The number of halogens is 1. The lowest BCUT2D eigenvalue weighted by Crippen LogP contribution is -2.20. The Morgan fingerprint density at radius 1 is 1.44 bits per heavy atom. The number of hydrogen-bond acceptors (Lipinski definition) is 2. The lowest BCUT2D eigenvalue weighted by Gasteiger charge is -2.05. The fourth-order valence-corrected chi connectivity index (χ4v) is 2.01. The van der Waals surface area contributed by atoms with Gasteiger partial charge in [0.05, 0.1) is 12.7 Å². The maximum Gasteiger partial charge on any atom is 0.251 e. The maximum atomic E-state index is 11.7. The summed E-state index contributed by atoms with van der Waals surface area (Å²) in [4.78, 5) is 11.7. The summed E-state index contributed by atoms with van der Waals surface area (Å²) in [5.41, 5.74) is 2.08. The molecule has 2 aromatic rings. The van der Waals surface area contributed by atoms with Crippen molar-refractivity contribution in [1.82, 2.24) is 14.3 Å². The quantitative estimate of drug-likeness (QED) is 0.784. The average molecular weight is 329 g/mol. The van der Waals surface area contributed by atoms with Crippen LogP contribution in [-0.4, -0.2) is 14.3 Å². The third-order valence-electron chi connectivity index (χ3n) is 2.38. The average Bonchev–Trinajstić information content (AvgIpc) is 2.60. The molecule has 0 radical (unpaired) electrons. The molecule has 0 saturated carbocycles. The van der Waals surface area contributed by atoms with Crippen molar-refractivity contribution in [3.8, 4) is 0 Å². The Labute approximate surface area is 107 Å². The molecule has 0 spiro atoms. The van der Waals surface area contributed by atoms with Crippen molar-refractivity contribution in [2.24, 2.45) is 7.05 Å². The van der Waals surface area contributed by atoms with Crippen LogP contribution in [-0.2, 0) is 13.6 Å². The molecule has 0 unspecified atom stereocenters. The molecule has 2 rings (SSSR count). The number of hydrogen-bond donors (Lipinski definition) is 0. The van der Waals surface area contributed by atoms with Crippen LogP contribution in [0.3, 0.4) is 0 Å². The minimum absolute atomic E-state index is 0.0294. The standard InChI is InChI=1S/C11H12IN3O/c1-8-3-11(16)15(7-10(8)12)6-9-4-13-14(2)5-9/h3-5,7H,6H2,1-2H3. The summed E-state index contributed by atoms with van der Waals surface area (Å²) >= 11 is 2.23. The molecule has 16 heavy (non-hydrogen) atoms. The molecular formula is C11H12IN3O. The Morgan fingerprint density at radius 3 is 2.81 bits per heavy atom. The van der Waals surface area contributed by atoms with Crippen molar-refractivity contribution in [1.29, 1.82) is 0 Å². The lowest BCUT2D eigenvalue weighted by atomic mass is 10.3. The summed E-state index contributed by atoms with van der Waals surface area (Å²) in [6.07, 6.45) is 5.57.